The number of nitrogens with zero attached hydrogens (tertiary/aromatic N) is 4. The molecular weight excluding hydrogens is 284 g/mol. The molecular formula is C11H13ClN6S. The normalized spacial score (nSPS) is 10.4. The van der Waals surface area contributed by atoms with Gasteiger partial charge in [0.15, 0.2) is 0 Å². The molecule has 0 amide bonds. The molecule has 0 spiro atoms. The Hall–Kier alpha value is -1.60. The lowest BCUT2D eigenvalue weighted by molar-refractivity contribution is 0.958. The highest BCUT2D eigenvalue weighted by molar-refractivity contribution is 7.99. The van der Waals surface area contributed by atoms with E-state index in [4.69, 9.17) is 17.3 Å². The highest BCUT2D eigenvalue weighted by Crippen LogP contribution is 2.19. The van der Waals surface area contributed by atoms with Gasteiger partial charge in [-0.1, -0.05) is 11.6 Å². The Morgan fingerprint density at radius 3 is 2.79 bits per heavy atom. The third kappa shape index (κ3) is 4.88. The maximum Gasteiger partial charge on any atom is 0.222 e. The van der Waals surface area contributed by atoms with Gasteiger partial charge in [0, 0.05) is 30.8 Å². The zero-order chi connectivity index (χ0) is 13.5. The van der Waals surface area contributed by atoms with Crippen molar-refractivity contribution in [3.05, 3.63) is 29.7 Å². The zero-order valence-electron chi connectivity index (χ0n) is 10.1. The van der Waals surface area contributed by atoms with Crippen molar-refractivity contribution in [2.45, 2.75) is 11.4 Å². The van der Waals surface area contributed by atoms with Crippen LogP contribution < -0.4 is 11.1 Å². The van der Waals surface area contributed by atoms with Crippen molar-refractivity contribution in [1.29, 1.82) is 0 Å². The lowest BCUT2D eigenvalue weighted by Crippen LogP contribution is -2.05. The van der Waals surface area contributed by atoms with E-state index in [0.717, 1.165) is 23.7 Å². The van der Waals surface area contributed by atoms with Crippen LogP contribution >= 0.6 is 23.4 Å². The molecule has 2 rings (SSSR count). The number of nitrogens with one attached hydrogen (secondary N) is 1. The van der Waals surface area contributed by atoms with Gasteiger partial charge in [0.1, 0.15) is 10.2 Å². The van der Waals surface area contributed by atoms with Crippen molar-refractivity contribution in [1.82, 2.24) is 19.9 Å². The van der Waals surface area contributed by atoms with Crippen LogP contribution in [0.25, 0.3) is 0 Å². The fraction of sp³-hybridized carbons (Fsp3) is 0.273. The average molecular weight is 297 g/mol. The summed E-state index contributed by atoms with van der Waals surface area (Å²) in [6.07, 6.45) is 4.36. The summed E-state index contributed by atoms with van der Waals surface area (Å²) < 4.78 is 0. The SMILES string of the molecule is Nc1nc(Cl)cc(SCCCNc2ncccn2)n1. The molecule has 19 heavy (non-hydrogen) atoms. The van der Waals surface area contributed by atoms with Crippen molar-refractivity contribution >= 4 is 35.3 Å². The first kappa shape index (κ1) is 13.8. The van der Waals surface area contributed by atoms with Gasteiger partial charge >= 0.3 is 0 Å². The largest absolute Gasteiger partial charge is 0.368 e. The summed E-state index contributed by atoms with van der Waals surface area (Å²) in [5.74, 6) is 1.74. The first-order valence-electron chi connectivity index (χ1n) is 5.68. The van der Waals surface area contributed by atoms with E-state index in [1.54, 1.807) is 36.3 Å². The van der Waals surface area contributed by atoms with E-state index in [2.05, 4.69) is 25.3 Å². The number of halogens is 1. The molecule has 100 valence electrons. The minimum atomic E-state index is 0.200. The maximum atomic E-state index is 5.80. The van der Waals surface area contributed by atoms with E-state index in [1.807, 2.05) is 0 Å². The Kier molecular flexibility index (Phi) is 5.17. The Balaban J connectivity index is 1.69. The van der Waals surface area contributed by atoms with Crippen LogP contribution in [-0.2, 0) is 0 Å². The average Bonchev–Trinajstić information content (AvgIpc) is 2.38. The quantitative estimate of drug-likeness (QED) is 0.479. The summed E-state index contributed by atoms with van der Waals surface area (Å²) in [7, 11) is 0. The third-order valence-corrected chi connectivity index (χ3v) is 3.30. The van der Waals surface area contributed by atoms with Crippen LogP contribution in [0.4, 0.5) is 11.9 Å². The molecule has 0 aromatic carbocycles. The van der Waals surface area contributed by atoms with Crippen LogP contribution in [0.15, 0.2) is 29.6 Å². The van der Waals surface area contributed by atoms with Crippen LogP contribution in [0.3, 0.4) is 0 Å². The molecule has 2 aromatic rings. The van der Waals surface area contributed by atoms with E-state index in [1.165, 1.54) is 0 Å². The molecule has 0 aliphatic carbocycles. The van der Waals surface area contributed by atoms with Crippen molar-refractivity contribution < 1.29 is 0 Å². The molecule has 6 nitrogen and oxygen atoms in total. The van der Waals surface area contributed by atoms with Gasteiger partial charge in [-0.25, -0.2) is 19.9 Å². The molecule has 0 saturated carbocycles. The smallest absolute Gasteiger partial charge is 0.222 e. The maximum absolute atomic E-state index is 5.80. The zero-order valence-corrected chi connectivity index (χ0v) is 11.7. The van der Waals surface area contributed by atoms with Gasteiger partial charge in [-0.15, -0.1) is 11.8 Å². The monoisotopic (exact) mass is 296 g/mol. The Labute approximate surface area is 120 Å². The van der Waals surface area contributed by atoms with Crippen molar-refractivity contribution in [2.24, 2.45) is 0 Å². The van der Waals surface area contributed by atoms with Gasteiger partial charge in [-0.2, -0.15) is 0 Å². The van der Waals surface area contributed by atoms with Crippen LogP contribution in [0, 0.1) is 0 Å². The number of rotatable bonds is 6. The summed E-state index contributed by atoms with van der Waals surface area (Å²) in [6.45, 7) is 0.797. The molecule has 0 atom stereocenters. The molecule has 0 unspecified atom stereocenters. The summed E-state index contributed by atoms with van der Waals surface area (Å²) in [4.78, 5) is 16.0. The summed E-state index contributed by atoms with van der Waals surface area (Å²) in [5.41, 5.74) is 5.52. The van der Waals surface area contributed by atoms with E-state index in [9.17, 15) is 0 Å². The molecule has 8 heteroatoms. The molecule has 2 aromatic heterocycles. The number of thioether (sulfide) groups is 1. The van der Waals surface area contributed by atoms with Crippen molar-refractivity contribution in [3.63, 3.8) is 0 Å². The third-order valence-electron chi connectivity index (χ3n) is 2.11. The fourth-order valence-electron chi connectivity index (χ4n) is 1.33. The van der Waals surface area contributed by atoms with Gasteiger partial charge in [0.25, 0.3) is 0 Å². The summed E-state index contributed by atoms with van der Waals surface area (Å²) >= 11 is 7.38. The Bertz CT molecular complexity index is 504. The van der Waals surface area contributed by atoms with Gasteiger partial charge in [0.05, 0.1) is 0 Å². The minimum absolute atomic E-state index is 0.200. The van der Waals surface area contributed by atoms with Gasteiger partial charge in [-0.3, -0.25) is 0 Å². The van der Waals surface area contributed by atoms with Crippen LogP contribution in [-0.4, -0.2) is 32.2 Å². The fourth-order valence-corrected chi connectivity index (χ4v) is 2.43. The van der Waals surface area contributed by atoms with E-state index in [-0.39, 0.29) is 5.95 Å². The van der Waals surface area contributed by atoms with Crippen molar-refractivity contribution in [3.8, 4) is 0 Å². The second-order valence-corrected chi connectivity index (χ2v) is 5.09. The Morgan fingerprint density at radius 1 is 1.26 bits per heavy atom. The van der Waals surface area contributed by atoms with Gasteiger partial charge in [-0.05, 0) is 12.5 Å². The van der Waals surface area contributed by atoms with Gasteiger partial charge in [0.2, 0.25) is 11.9 Å². The number of aromatic nitrogens is 4. The second kappa shape index (κ2) is 7.10. The van der Waals surface area contributed by atoms with Crippen LogP contribution in [0.2, 0.25) is 5.15 Å². The molecule has 0 aliphatic heterocycles. The standard InChI is InChI=1S/C11H13ClN6S/c12-8-7-9(18-10(13)17-8)19-6-2-5-16-11-14-3-1-4-15-11/h1,3-4,7H,2,5-6H2,(H2,13,17,18)(H,14,15,16). The van der Waals surface area contributed by atoms with Crippen molar-refractivity contribution in [2.75, 3.05) is 23.3 Å². The first-order valence-corrected chi connectivity index (χ1v) is 7.04. The topological polar surface area (TPSA) is 89.6 Å². The molecule has 0 bridgehead atoms. The highest BCUT2D eigenvalue weighted by Gasteiger charge is 2.01. The van der Waals surface area contributed by atoms with E-state index < -0.39 is 0 Å². The number of anilines is 2. The highest BCUT2D eigenvalue weighted by atomic mass is 35.5. The summed E-state index contributed by atoms with van der Waals surface area (Å²) in [6, 6.07) is 3.49. The molecule has 0 fully saturated rings. The second-order valence-electron chi connectivity index (χ2n) is 3.59. The van der Waals surface area contributed by atoms with Crippen LogP contribution in [0.1, 0.15) is 6.42 Å². The predicted octanol–water partition coefficient (Wildman–Crippen LogP) is 2.10. The number of nitrogens with two attached hydrogens (primary N) is 1. The lowest BCUT2D eigenvalue weighted by atomic mass is 10.5. The van der Waals surface area contributed by atoms with Crippen LogP contribution in [0.5, 0.6) is 0 Å². The van der Waals surface area contributed by atoms with E-state index >= 15 is 0 Å². The molecule has 3 N–H and O–H groups in total. The first-order chi connectivity index (χ1) is 9.24. The molecule has 0 saturated heterocycles. The number of nitrogen functional groups attached to an aromatic ring is 1. The molecule has 0 radical (unpaired) electrons. The lowest BCUT2D eigenvalue weighted by Gasteiger charge is -2.04. The van der Waals surface area contributed by atoms with E-state index in [0.29, 0.717) is 11.1 Å². The summed E-state index contributed by atoms with van der Waals surface area (Å²) in [5, 5.41) is 4.29. The Morgan fingerprint density at radius 2 is 2.05 bits per heavy atom. The predicted molar refractivity (Wildman–Crippen MR) is 77.3 cm³/mol. The number of hydrogen-bond donors (Lipinski definition) is 2. The molecule has 0 aliphatic rings. The van der Waals surface area contributed by atoms with Gasteiger partial charge < -0.3 is 11.1 Å². The molecule has 2 heterocycles. The minimum Gasteiger partial charge on any atom is -0.368 e. The number of hydrogen-bond acceptors (Lipinski definition) is 7.